The molecule has 2 unspecified atom stereocenters. The molecule has 1 saturated carbocycles. The summed E-state index contributed by atoms with van der Waals surface area (Å²) in [5, 5.41) is 0. The van der Waals surface area contributed by atoms with E-state index < -0.39 is 0 Å². The molecule has 0 aliphatic heterocycles. The van der Waals surface area contributed by atoms with Crippen LogP contribution in [0.25, 0.3) is 0 Å². The summed E-state index contributed by atoms with van der Waals surface area (Å²) in [5.41, 5.74) is 0. The van der Waals surface area contributed by atoms with E-state index in [1.807, 2.05) is 6.20 Å². The summed E-state index contributed by atoms with van der Waals surface area (Å²) in [5.74, 6) is 2.52. The minimum Gasteiger partial charge on any atom is -0.334 e. The van der Waals surface area contributed by atoms with Crippen LogP contribution in [0.3, 0.4) is 0 Å². The van der Waals surface area contributed by atoms with E-state index in [1.165, 1.54) is 32.1 Å². The number of nitrogens with zero attached hydrogens (tertiary/aromatic N) is 1. The minimum atomic E-state index is 0.577. The fraction of sp³-hybridized carbons (Fsp3) is 0.667. The monoisotopic (exact) mass is 300 g/mol. The van der Waals surface area contributed by atoms with Crippen LogP contribution in [0.1, 0.15) is 50.8 Å². The lowest BCUT2D eigenvalue weighted by atomic mass is 9.80. The minimum absolute atomic E-state index is 0.577. The van der Waals surface area contributed by atoms with Crippen LogP contribution in [0.5, 0.6) is 0 Å². The van der Waals surface area contributed by atoms with Gasteiger partial charge in [0.15, 0.2) is 0 Å². The molecule has 0 aromatic carbocycles. The van der Waals surface area contributed by atoms with Gasteiger partial charge in [-0.15, -0.1) is 0 Å². The van der Waals surface area contributed by atoms with Crippen molar-refractivity contribution in [2.45, 2.75) is 44.9 Å². The van der Waals surface area contributed by atoms with Crippen LogP contribution in [0.4, 0.5) is 0 Å². The van der Waals surface area contributed by atoms with Gasteiger partial charge in [-0.3, -0.25) is 0 Å². The van der Waals surface area contributed by atoms with E-state index in [4.69, 9.17) is 12.2 Å². The number of hydrogen-bond acceptors (Lipinski definition) is 2. The van der Waals surface area contributed by atoms with Crippen LogP contribution < -0.4 is 0 Å². The molecule has 16 heavy (non-hydrogen) atoms. The summed E-state index contributed by atoms with van der Waals surface area (Å²) in [4.78, 5) is 7.71. The second-order valence-electron chi connectivity index (χ2n) is 4.58. The van der Waals surface area contributed by atoms with Crippen LogP contribution in [-0.2, 0) is 0 Å². The largest absolute Gasteiger partial charge is 0.334 e. The fourth-order valence-corrected chi connectivity index (χ4v) is 2.87. The van der Waals surface area contributed by atoms with Crippen LogP contribution >= 0.6 is 28.1 Å². The Morgan fingerprint density at radius 3 is 3.06 bits per heavy atom. The van der Waals surface area contributed by atoms with E-state index in [0.717, 1.165) is 20.9 Å². The molecule has 1 fully saturated rings. The normalized spacial score (nSPS) is 25.6. The molecule has 2 atom stereocenters. The van der Waals surface area contributed by atoms with Gasteiger partial charge in [-0.25, -0.2) is 4.98 Å². The first-order valence-corrected chi connectivity index (χ1v) is 7.15. The van der Waals surface area contributed by atoms with Gasteiger partial charge in [0, 0.05) is 12.1 Å². The van der Waals surface area contributed by atoms with E-state index in [2.05, 4.69) is 32.8 Å². The van der Waals surface area contributed by atoms with Crippen molar-refractivity contribution in [3.8, 4) is 0 Å². The second kappa shape index (κ2) is 5.41. The van der Waals surface area contributed by atoms with Crippen molar-refractivity contribution in [2.24, 2.45) is 5.92 Å². The highest BCUT2D eigenvalue weighted by Gasteiger charge is 2.23. The molecule has 2 rings (SSSR count). The summed E-state index contributed by atoms with van der Waals surface area (Å²) in [6.45, 7) is 2.28. The standard InChI is InChI=1S/C12H17BrN2S/c1-2-8-4-3-5-9(6-8)11-14-7-10(13)12(16)15-11/h7-9H,2-6H2,1H3,(H,14,15,16). The Kier molecular flexibility index (Phi) is 4.14. The van der Waals surface area contributed by atoms with E-state index in [-0.39, 0.29) is 0 Å². The van der Waals surface area contributed by atoms with E-state index in [1.54, 1.807) is 0 Å². The van der Waals surface area contributed by atoms with Crippen molar-refractivity contribution in [3.05, 3.63) is 21.1 Å². The molecule has 1 aromatic rings. The lowest BCUT2D eigenvalue weighted by Gasteiger charge is -2.27. The molecule has 1 heterocycles. The van der Waals surface area contributed by atoms with Crippen LogP contribution in [0.15, 0.2) is 10.7 Å². The summed E-state index contributed by atoms with van der Waals surface area (Å²) < 4.78 is 1.65. The van der Waals surface area contributed by atoms with Gasteiger partial charge in [0.05, 0.1) is 4.47 Å². The van der Waals surface area contributed by atoms with E-state index in [9.17, 15) is 0 Å². The average Bonchev–Trinajstić information content (AvgIpc) is 2.33. The first kappa shape index (κ1) is 12.2. The zero-order valence-electron chi connectivity index (χ0n) is 9.50. The van der Waals surface area contributed by atoms with Gasteiger partial charge in [0.25, 0.3) is 0 Å². The van der Waals surface area contributed by atoms with Crippen molar-refractivity contribution in [1.29, 1.82) is 0 Å². The maximum atomic E-state index is 5.23. The number of nitrogens with one attached hydrogen (secondary N) is 1. The predicted molar refractivity (Wildman–Crippen MR) is 72.1 cm³/mol. The van der Waals surface area contributed by atoms with Crippen LogP contribution in [0.2, 0.25) is 0 Å². The van der Waals surface area contributed by atoms with E-state index >= 15 is 0 Å². The summed E-state index contributed by atoms with van der Waals surface area (Å²) in [6.07, 6.45) is 8.32. The van der Waals surface area contributed by atoms with E-state index in [0.29, 0.717) is 5.92 Å². The molecule has 0 radical (unpaired) electrons. The topological polar surface area (TPSA) is 28.7 Å². The Hall–Kier alpha value is -0.220. The van der Waals surface area contributed by atoms with Crippen molar-refractivity contribution < 1.29 is 0 Å². The third-order valence-corrected chi connectivity index (χ3v) is 4.71. The van der Waals surface area contributed by atoms with Gasteiger partial charge < -0.3 is 4.98 Å². The van der Waals surface area contributed by atoms with Gasteiger partial charge in [0.1, 0.15) is 10.5 Å². The number of H-pyrrole nitrogens is 1. The molecular weight excluding hydrogens is 284 g/mol. The SMILES string of the molecule is CCC1CCCC(c2ncc(Br)c(=S)[nH]2)C1. The second-order valence-corrected chi connectivity index (χ2v) is 5.85. The Balaban J connectivity index is 2.17. The predicted octanol–water partition coefficient (Wildman–Crippen LogP) is 4.59. The maximum absolute atomic E-state index is 5.23. The average molecular weight is 301 g/mol. The van der Waals surface area contributed by atoms with Crippen molar-refractivity contribution in [3.63, 3.8) is 0 Å². The zero-order valence-corrected chi connectivity index (χ0v) is 11.9. The molecule has 1 aliphatic rings. The Morgan fingerprint density at radius 2 is 2.38 bits per heavy atom. The number of rotatable bonds is 2. The molecule has 1 aromatic heterocycles. The van der Waals surface area contributed by atoms with Crippen LogP contribution in [-0.4, -0.2) is 9.97 Å². The van der Waals surface area contributed by atoms with Crippen molar-refractivity contribution >= 4 is 28.1 Å². The van der Waals surface area contributed by atoms with Crippen LogP contribution in [0, 0.1) is 10.6 Å². The molecule has 0 spiro atoms. The van der Waals surface area contributed by atoms with Gasteiger partial charge in [-0.2, -0.15) is 0 Å². The molecule has 0 bridgehead atoms. The molecule has 1 N–H and O–H groups in total. The molecule has 2 nitrogen and oxygen atoms in total. The first-order chi connectivity index (χ1) is 7.70. The summed E-state index contributed by atoms with van der Waals surface area (Å²) in [7, 11) is 0. The highest BCUT2D eigenvalue weighted by molar-refractivity contribution is 9.10. The number of halogens is 1. The first-order valence-electron chi connectivity index (χ1n) is 5.95. The molecule has 0 amide bonds. The number of aromatic nitrogens is 2. The van der Waals surface area contributed by atoms with Crippen molar-refractivity contribution in [1.82, 2.24) is 9.97 Å². The third kappa shape index (κ3) is 2.72. The lowest BCUT2D eigenvalue weighted by molar-refractivity contribution is 0.307. The Bertz CT molecular complexity index is 416. The highest BCUT2D eigenvalue weighted by atomic mass is 79.9. The lowest BCUT2D eigenvalue weighted by Crippen LogP contribution is -2.15. The van der Waals surface area contributed by atoms with Gasteiger partial charge >= 0.3 is 0 Å². The summed E-state index contributed by atoms with van der Waals surface area (Å²) >= 11 is 8.61. The molecule has 0 saturated heterocycles. The molecule has 1 aliphatic carbocycles. The Morgan fingerprint density at radius 1 is 1.56 bits per heavy atom. The maximum Gasteiger partial charge on any atom is 0.120 e. The Labute approximate surface area is 110 Å². The highest BCUT2D eigenvalue weighted by Crippen LogP contribution is 2.36. The number of hydrogen-bond donors (Lipinski definition) is 1. The molecule has 4 heteroatoms. The third-order valence-electron chi connectivity index (χ3n) is 3.52. The zero-order chi connectivity index (χ0) is 11.5. The number of aromatic amines is 1. The smallest absolute Gasteiger partial charge is 0.120 e. The van der Waals surface area contributed by atoms with Gasteiger partial charge in [0.2, 0.25) is 0 Å². The quantitative estimate of drug-likeness (QED) is 0.810. The molecule has 88 valence electrons. The fourth-order valence-electron chi connectivity index (χ4n) is 2.51. The molecular formula is C12H17BrN2S. The van der Waals surface area contributed by atoms with Gasteiger partial charge in [-0.1, -0.05) is 38.4 Å². The summed E-state index contributed by atoms with van der Waals surface area (Å²) in [6, 6.07) is 0. The van der Waals surface area contributed by atoms with Crippen molar-refractivity contribution in [2.75, 3.05) is 0 Å². The van der Waals surface area contributed by atoms with Gasteiger partial charge in [-0.05, 0) is 34.7 Å².